The molecule has 112 valence electrons. The molecule has 2 aromatic rings. The van der Waals surface area contributed by atoms with Gasteiger partial charge in [-0.3, -0.25) is 4.72 Å². The van der Waals surface area contributed by atoms with Crippen LogP contribution in [0.3, 0.4) is 0 Å². The molecular weight excluding hydrogens is 317 g/mol. The molecule has 0 radical (unpaired) electrons. The van der Waals surface area contributed by atoms with Gasteiger partial charge in [0.25, 0.3) is 0 Å². The third kappa shape index (κ3) is 4.42. The molecule has 0 bridgehead atoms. The van der Waals surface area contributed by atoms with Crippen LogP contribution in [-0.2, 0) is 22.4 Å². The predicted octanol–water partition coefficient (Wildman–Crippen LogP) is 2.91. The Balaban J connectivity index is 2.18. The first-order valence-electron chi connectivity index (χ1n) is 6.04. The van der Waals surface area contributed by atoms with Crippen molar-refractivity contribution in [2.24, 2.45) is 0 Å². The van der Waals surface area contributed by atoms with Crippen molar-refractivity contribution in [1.29, 1.82) is 0 Å². The number of hydrogen-bond acceptors (Lipinski definition) is 3. The molecule has 0 spiro atoms. The van der Waals surface area contributed by atoms with Crippen LogP contribution in [0.25, 0.3) is 0 Å². The van der Waals surface area contributed by atoms with Crippen molar-refractivity contribution in [3.8, 4) is 0 Å². The third-order valence-electron chi connectivity index (χ3n) is 2.73. The van der Waals surface area contributed by atoms with E-state index in [4.69, 9.17) is 16.7 Å². The monoisotopic (exact) mass is 329 g/mol. The van der Waals surface area contributed by atoms with E-state index < -0.39 is 15.8 Å². The summed E-state index contributed by atoms with van der Waals surface area (Å²) in [6.07, 6.45) is 0. The van der Waals surface area contributed by atoms with Crippen LogP contribution in [0.1, 0.15) is 11.1 Å². The lowest BCUT2D eigenvalue weighted by Gasteiger charge is -2.10. The number of halogens is 2. The number of anilines is 1. The topological polar surface area (TPSA) is 66.4 Å². The first-order chi connectivity index (χ1) is 9.89. The van der Waals surface area contributed by atoms with Gasteiger partial charge in [0.15, 0.2) is 0 Å². The quantitative estimate of drug-likeness (QED) is 0.886. The molecule has 2 N–H and O–H groups in total. The van der Waals surface area contributed by atoms with E-state index in [1.807, 2.05) is 0 Å². The summed E-state index contributed by atoms with van der Waals surface area (Å²) in [5.74, 6) is -1.06. The number of aliphatic hydroxyl groups excluding tert-OH is 1. The van der Waals surface area contributed by atoms with Crippen LogP contribution in [-0.4, -0.2) is 13.5 Å². The highest BCUT2D eigenvalue weighted by molar-refractivity contribution is 7.91. The fourth-order valence-electron chi connectivity index (χ4n) is 1.81. The van der Waals surface area contributed by atoms with Crippen LogP contribution in [0.5, 0.6) is 0 Å². The SMILES string of the molecule is O=S(=O)(Cc1cccc(CO)c1)Nc1ccc(Cl)cc1F. The van der Waals surface area contributed by atoms with E-state index in [2.05, 4.69) is 4.72 Å². The Morgan fingerprint density at radius 3 is 2.52 bits per heavy atom. The van der Waals surface area contributed by atoms with Crippen molar-refractivity contribution in [1.82, 2.24) is 0 Å². The summed E-state index contributed by atoms with van der Waals surface area (Å²) >= 11 is 5.61. The van der Waals surface area contributed by atoms with E-state index in [-0.39, 0.29) is 23.1 Å². The molecule has 0 saturated carbocycles. The molecule has 0 aliphatic carbocycles. The standard InChI is InChI=1S/C14H13ClFNO3S/c15-12-4-5-14(13(16)7-12)17-21(19,20)9-11-3-1-2-10(6-11)8-18/h1-7,17-18H,8-9H2. The van der Waals surface area contributed by atoms with E-state index in [1.54, 1.807) is 24.3 Å². The Morgan fingerprint density at radius 1 is 1.14 bits per heavy atom. The van der Waals surface area contributed by atoms with Crippen molar-refractivity contribution in [3.05, 3.63) is 64.4 Å². The van der Waals surface area contributed by atoms with Crippen molar-refractivity contribution in [3.63, 3.8) is 0 Å². The maximum atomic E-state index is 13.6. The second kappa shape index (κ2) is 6.43. The zero-order valence-corrected chi connectivity index (χ0v) is 12.5. The Morgan fingerprint density at radius 2 is 1.86 bits per heavy atom. The second-order valence-electron chi connectivity index (χ2n) is 4.46. The van der Waals surface area contributed by atoms with Gasteiger partial charge in [-0.25, -0.2) is 12.8 Å². The van der Waals surface area contributed by atoms with Crippen LogP contribution < -0.4 is 4.72 Å². The molecule has 0 saturated heterocycles. The van der Waals surface area contributed by atoms with Crippen LogP contribution >= 0.6 is 11.6 Å². The van der Waals surface area contributed by atoms with Gasteiger partial charge in [-0.15, -0.1) is 0 Å². The van der Waals surface area contributed by atoms with Gasteiger partial charge in [0.2, 0.25) is 10.0 Å². The molecule has 0 fully saturated rings. The van der Waals surface area contributed by atoms with Gasteiger partial charge in [0.05, 0.1) is 18.0 Å². The Bertz CT molecular complexity index is 750. The van der Waals surface area contributed by atoms with Crippen molar-refractivity contribution in [2.75, 3.05) is 4.72 Å². The molecule has 0 unspecified atom stereocenters. The summed E-state index contributed by atoms with van der Waals surface area (Å²) in [5, 5.41) is 9.22. The van der Waals surface area contributed by atoms with E-state index >= 15 is 0 Å². The van der Waals surface area contributed by atoms with Crippen LogP contribution in [0.2, 0.25) is 5.02 Å². The summed E-state index contributed by atoms with van der Waals surface area (Å²) in [6.45, 7) is -0.173. The summed E-state index contributed by atoms with van der Waals surface area (Å²) in [5.41, 5.74) is 0.960. The van der Waals surface area contributed by atoms with Crippen molar-refractivity contribution in [2.45, 2.75) is 12.4 Å². The number of nitrogens with one attached hydrogen (secondary N) is 1. The molecule has 0 amide bonds. The maximum absolute atomic E-state index is 13.6. The Hall–Kier alpha value is -1.63. The molecule has 0 atom stereocenters. The van der Waals surface area contributed by atoms with Crippen molar-refractivity contribution >= 4 is 27.3 Å². The number of sulfonamides is 1. The Kier molecular flexibility index (Phi) is 4.82. The summed E-state index contributed by atoms with van der Waals surface area (Å²) in [6, 6.07) is 10.2. The van der Waals surface area contributed by atoms with E-state index in [0.717, 1.165) is 6.07 Å². The minimum absolute atomic E-state index is 0.155. The minimum atomic E-state index is -3.76. The highest BCUT2D eigenvalue weighted by Crippen LogP contribution is 2.21. The zero-order valence-electron chi connectivity index (χ0n) is 10.9. The summed E-state index contributed by atoms with van der Waals surface area (Å²) in [7, 11) is -3.76. The third-order valence-corrected chi connectivity index (χ3v) is 4.21. The van der Waals surface area contributed by atoms with Crippen LogP contribution in [0, 0.1) is 5.82 Å². The van der Waals surface area contributed by atoms with Crippen molar-refractivity contribution < 1.29 is 17.9 Å². The highest BCUT2D eigenvalue weighted by Gasteiger charge is 2.14. The second-order valence-corrected chi connectivity index (χ2v) is 6.62. The molecule has 2 aromatic carbocycles. The Labute approximate surface area is 127 Å². The number of benzene rings is 2. The van der Waals surface area contributed by atoms with Crippen LogP contribution in [0.15, 0.2) is 42.5 Å². The first-order valence-corrected chi connectivity index (χ1v) is 8.07. The lowest BCUT2D eigenvalue weighted by atomic mass is 10.1. The number of hydrogen-bond donors (Lipinski definition) is 2. The number of rotatable bonds is 5. The van der Waals surface area contributed by atoms with Gasteiger partial charge in [-0.05, 0) is 29.3 Å². The largest absolute Gasteiger partial charge is 0.392 e. The molecule has 0 aromatic heterocycles. The average molecular weight is 330 g/mol. The summed E-state index contributed by atoms with van der Waals surface area (Å²) in [4.78, 5) is 0. The fourth-order valence-corrected chi connectivity index (χ4v) is 3.16. The molecule has 7 heteroatoms. The summed E-state index contributed by atoms with van der Waals surface area (Å²) < 4.78 is 39.8. The smallest absolute Gasteiger partial charge is 0.237 e. The van der Waals surface area contributed by atoms with Crippen LogP contribution in [0.4, 0.5) is 10.1 Å². The zero-order chi connectivity index (χ0) is 15.5. The molecule has 2 rings (SSSR count). The van der Waals surface area contributed by atoms with Gasteiger partial charge in [0.1, 0.15) is 5.82 Å². The van der Waals surface area contributed by atoms with E-state index in [1.165, 1.54) is 12.1 Å². The molecule has 0 aliphatic heterocycles. The maximum Gasteiger partial charge on any atom is 0.237 e. The van der Waals surface area contributed by atoms with E-state index in [0.29, 0.717) is 11.1 Å². The van der Waals surface area contributed by atoms with Gasteiger partial charge in [-0.2, -0.15) is 0 Å². The molecule has 0 aliphatic rings. The molecule has 0 heterocycles. The number of aliphatic hydroxyl groups is 1. The predicted molar refractivity (Wildman–Crippen MR) is 80.0 cm³/mol. The average Bonchev–Trinajstić information content (AvgIpc) is 2.41. The lowest BCUT2D eigenvalue weighted by Crippen LogP contribution is -2.16. The normalized spacial score (nSPS) is 11.4. The van der Waals surface area contributed by atoms with Gasteiger partial charge >= 0.3 is 0 Å². The van der Waals surface area contributed by atoms with E-state index in [9.17, 15) is 12.8 Å². The molecule has 21 heavy (non-hydrogen) atoms. The molecule has 4 nitrogen and oxygen atoms in total. The van der Waals surface area contributed by atoms with Gasteiger partial charge < -0.3 is 5.11 Å². The minimum Gasteiger partial charge on any atom is -0.392 e. The highest BCUT2D eigenvalue weighted by atomic mass is 35.5. The molecular formula is C14H13ClFNO3S. The lowest BCUT2D eigenvalue weighted by molar-refractivity contribution is 0.282. The first kappa shape index (κ1) is 15.8. The van der Waals surface area contributed by atoms with Gasteiger partial charge in [0, 0.05) is 5.02 Å². The van der Waals surface area contributed by atoms with Gasteiger partial charge in [-0.1, -0.05) is 35.9 Å². The fraction of sp³-hybridized carbons (Fsp3) is 0.143.